The number of hydrogen-bond acceptors (Lipinski definition) is 6. The number of carbonyl (C=O) groups is 1. The maximum absolute atomic E-state index is 11.4. The van der Waals surface area contributed by atoms with Crippen LogP contribution in [0, 0.1) is 0 Å². The molecule has 0 radical (unpaired) electrons. The van der Waals surface area contributed by atoms with E-state index < -0.39 is 28.0 Å². The third-order valence-corrected chi connectivity index (χ3v) is 2.92. The number of hydrogen-bond donors (Lipinski definition) is 0. The largest absolute Gasteiger partial charge is 0.465 e. The van der Waals surface area contributed by atoms with Crippen molar-refractivity contribution >= 4 is 27.4 Å². The lowest BCUT2D eigenvalue weighted by molar-refractivity contribution is -0.120. The summed E-state index contributed by atoms with van der Waals surface area (Å²) in [5.74, 6) is -1.03. The van der Waals surface area contributed by atoms with Gasteiger partial charge in [0, 0.05) is 11.8 Å². The van der Waals surface area contributed by atoms with Crippen molar-refractivity contribution in [3.8, 4) is 0 Å². The number of methoxy groups -OCH3 is 1. The molecular formula is C12H15ClO6S. The highest BCUT2D eigenvalue weighted by atomic mass is 35.5. The van der Waals surface area contributed by atoms with Crippen LogP contribution in [0.25, 0.3) is 0 Å². The molecule has 0 aromatic heterocycles. The maximum atomic E-state index is 11.4. The molecule has 0 bridgehead atoms. The van der Waals surface area contributed by atoms with Crippen molar-refractivity contribution in [3.05, 3.63) is 35.4 Å². The van der Waals surface area contributed by atoms with Gasteiger partial charge in [0.1, 0.15) is 6.07 Å². The van der Waals surface area contributed by atoms with Gasteiger partial charge in [0.15, 0.2) is 22.1 Å². The van der Waals surface area contributed by atoms with Gasteiger partial charge in [-0.2, -0.15) is 0 Å². The van der Waals surface area contributed by atoms with E-state index in [1.54, 1.807) is 18.2 Å². The van der Waals surface area contributed by atoms with E-state index in [4.69, 9.17) is 21.1 Å². The number of esters is 1. The molecule has 112 valence electrons. The molecule has 0 amide bonds. The molecule has 1 aromatic carbocycles. The maximum Gasteiger partial charge on any atom is 0.337 e. The molecule has 0 N–H and O–H groups in total. The van der Waals surface area contributed by atoms with Gasteiger partial charge in [-0.3, -0.25) is 0 Å². The Kier molecular flexibility index (Phi) is 6.41. The Bertz CT molecular complexity index is 557. The average molecular weight is 323 g/mol. The van der Waals surface area contributed by atoms with Crippen LogP contribution >= 0.6 is 11.6 Å². The summed E-state index contributed by atoms with van der Waals surface area (Å²) in [6.45, 7) is 0. The summed E-state index contributed by atoms with van der Waals surface area (Å²) in [6, 6.07) is 6.10. The SMILES string of the molecule is COC(=O)c1cccc(C(OCCl)OCS(C)(=O)=O)c1. The summed E-state index contributed by atoms with van der Waals surface area (Å²) in [4.78, 5) is 11.4. The standard InChI is InChI=1S/C12H15ClO6S/c1-17-11(14)9-4-3-5-10(6-9)12(18-7-13)19-8-20(2,15)16/h3-6,12H,7-8H2,1-2H3. The summed E-state index contributed by atoms with van der Waals surface area (Å²) in [7, 11) is -2.05. The molecule has 1 atom stereocenters. The first kappa shape index (κ1) is 16.9. The van der Waals surface area contributed by atoms with E-state index in [9.17, 15) is 13.2 Å². The lowest BCUT2D eigenvalue weighted by atomic mass is 10.1. The van der Waals surface area contributed by atoms with Crippen molar-refractivity contribution in [1.82, 2.24) is 0 Å². The van der Waals surface area contributed by atoms with Gasteiger partial charge < -0.3 is 14.2 Å². The Labute approximate surface area is 122 Å². The third-order valence-electron chi connectivity index (χ3n) is 2.23. The average Bonchev–Trinajstić information content (AvgIpc) is 2.41. The fourth-order valence-electron chi connectivity index (χ4n) is 1.41. The van der Waals surface area contributed by atoms with Crippen LogP contribution in [-0.2, 0) is 24.0 Å². The van der Waals surface area contributed by atoms with Crippen LogP contribution < -0.4 is 0 Å². The molecule has 0 saturated heterocycles. The molecule has 0 fully saturated rings. The second kappa shape index (κ2) is 7.58. The smallest absolute Gasteiger partial charge is 0.337 e. The van der Waals surface area contributed by atoms with Crippen LogP contribution in [0.15, 0.2) is 24.3 Å². The summed E-state index contributed by atoms with van der Waals surface area (Å²) in [6.07, 6.45) is 0.0575. The Morgan fingerprint density at radius 3 is 2.60 bits per heavy atom. The van der Waals surface area contributed by atoms with Crippen molar-refractivity contribution in [1.29, 1.82) is 0 Å². The first-order valence-electron chi connectivity index (χ1n) is 5.52. The third kappa shape index (κ3) is 5.46. The Morgan fingerprint density at radius 2 is 2.05 bits per heavy atom. The Morgan fingerprint density at radius 1 is 1.35 bits per heavy atom. The van der Waals surface area contributed by atoms with Crippen molar-refractivity contribution < 1.29 is 27.4 Å². The lowest BCUT2D eigenvalue weighted by Crippen LogP contribution is -2.15. The van der Waals surface area contributed by atoms with E-state index in [0.29, 0.717) is 11.1 Å². The minimum absolute atomic E-state index is 0.184. The summed E-state index contributed by atoms with van der Waals surface area (Å²) < 4.78 is 37.1. The number of carbonyl (C=O) groups excluding carboxylic acids is 1. The van der Waals surface area contributed by atoms with Crippen LogP contribution in [0.1, 0.15) is 22.2 Å². The van der Waals surface area contributed by atoms with E-state index in [0.717, 1.165) is 6.26 Å². The second-order valence-electron chi connectivity index (χ2n) is 3.94. The molecule has 1 unspecified atom stereocenters. The first-order chi connectivity index (χ1) is 9.37. The molecule has 20 heavy (non-hydrogen) atoms. The Balaban J connectivity index is 2.93. The molecule has 0 spiro atoms. The molecule has 6 nitrogen and oxygen atoms in total. The normalized spacial score (nSPS) is 12.9. The van der Waals surface area contributed by atoms with Crippen molar-refractivity contribution in [2.75, 3.05) is 25.4 Å². The monoisotopic (exact) mass is 322 g/mol. The molecular weight excluding hydrogens is 308 g/mol. The van der Waals surface area contributed by atoms with Crippen molar-refractivity contribution in [2.24, 2.45) is 0 Å². The molecule has 0 aliphatic rings. The molecule has 1 rings (SSSR count). The molecule has 8 heteroatoms. The quantitative estimate of drug-likeness (QED) is 0.432. The zero-order valence-corrected chi connectivity index (χ0v) is 12.6. The Hall–Kier alpha value is -1.15. The first-order valence-corrected chi connectivity index (χ1v) is 8.12. The number of sulfone groups is 1. The highest BCUT2D eigenvalue weighted by Gasteiger charge is 2.17. The number of halogens is 1. The zero-order valence-electron chi connectivity index (χ0n) is 11.0. The van der Waals surface area contributed by atoms with Crippen LogP contribution in [0.4, 0.5) is 0 Å². The lowest BCUT2D eigenvalue weighted by Gasteiger charge is -2.17. The van der Waals surface area contributed by atoms with Gasteiger partial charge in [-0.15, -0.1) is 0 Å². The predicted octanol–water partition coefficient (Wildman–Crippen LogP) is 1.70. The number of benzene rings is 1. The van der Waals surface area contributed by atoms with Crippen LogP contribution in [0.5, 0.6) is 0 Å². The van der Waals surface area contributed by atoms with Gasteiger partial charge in [0.2, 0.25) is 0 Å². The predicted molar refractivity (Wildman–Crippen MR) is 73.1 cm³/mol. The number of rotatable bonds is 7. The van der Waals surface area contributed by atoms with E-state index in [2.05, 4.69) is 4.74 Å². The van der Waals surface area contributed by atoms with Crippen molar-refractivity contribution in [2.45, 2.75) is 6.29 Å². The van der Waals surface area contributed by atoms with E-state index in [1.807, 2.05) is 0 Å². The topological polar surface area (TPSA) is 78.9 Å². The summed E-state index contributed by atoms with van der Waals surface area (Å²) >= 11 is 5.48. The highest BCUT2D eigenvalue weighted by molar-refractivity contribution is 7.90. The zero-order chi connectivity index (χ0) is 15.2. The van der Waals surface area contributed by atoms with Gasteiger partial charge >= 0.3 is 5.97 Å². The summed E-state index contributed by atoms with van der Waals surface area (Å²) in [5.41, 5.74) is 0.772. The van der Waals surface area contributed by atoms with E-state index in [1.165, 1.54) is 13.2 Å². The van der Waals surface area contributed by atoms with Gasteiger partial charge in [-0.1, -0.05) is 23.7 Å². The van der Waals surface area contributed by atoms with Gasteiger partial charge in [-0.25, -0.2) is 13.2 Å². The minimum Gasteiger partial charge on any atom is -0.465 e. The molecule has 1 aromatic rings. The van der Waals surface area contributed by atoms with E-state index >= 15 is 0 Å². The van der Waals surface area contributed by atoms with Crippen molar-refractivity contribution in [3.63, 3.8) is 0 Å². The fraction of sp³-hybridized carbons (Fsp3) is 0.417. The van der Waals surface area contributed by atoms with Crippen LogP contribution in [0.2, 0.25) is 0 Å². The van der Waals surface area contributed by atoms with E-state index in [-0.39, 0.29) is 6.07 Å². The van der Waals surface area contributed by atoms with Gasteiger partial charge in [0.05, 0.1) is 12.7 Å². The minimum atomic E-state index is -3.31. The molecule has 0 heterocycles. The highest BCUT2D eigenvalue weighted by Crippen LogP contribution is 2.21. The number of alkyl halides is 1. The second-order valence-corrected chi connectivity index (χ2v) is 6.24. The van der Waals surface area contributed by atoms with Crippen LogP contribution in [-0.4, -0.2) is 39.8 Å². The molecule has 0 aliphatic carbocycles. The molecule has 0 saturated carbocycles. The van der Waals surface area contributed by atoms with Gasteiger partial charge in [0.25, 0.3) is 0 Å². The van der Waals surface area contributed by atoms with Gasteiger partial charge in [-0.05, 0) is 12.1 Å². The number of ether oxygens (including phenoxy) is 3. The molecule has 0 aliphatic heterocycles. The fourth-order valence-corrected chi connectivity index (χ4v) is 1.90. The van der Waals surface area contributed by atoms with Crippen LogP contribution in [0.3, 0.4) is 0 Å². The summed E-state index contributed by atoms with van der Waals surface area (Å²) in [5, 5.41) is 0.